The monoisotopic (exact) mass is 519 g/mol. The van der Waals surface area contributed by atoms with Crippen molar-refractivity contribution in [3.8, 4) is 5.75 Å². The Morgan fingerprint density at radius 2 is 1.97 bits per heavy atom. The molecule has 1 N–H and O–H groups in total. The average Bonchev–Trinajstić information content (AvgIpc) is 3.36. The van der Waals surface area contributed by atoms with Gasteiger partial charge in [0, 0.05) is 32.1 Å². The van der Waals surface area contributed by atoms with E-state index in [9.17, 15) is 14.7 Å². The normalized spacial score (nSPS) is 29.9. The minimum absolute atomic E-state index is 0.166. The molecule has 9 heteroatoms. The van der Waals surface area contributed by atoms with Crippen molar-refractivity contribution in [2.75, 3.05) is 27.2 Å². The molecular weight excluding hydrogens is 486 g/mol. The third-order valence-corrected chi connectivity index (χ3v) is 8.55. The number of hydrogen-bond donors (Lipinski definition) is 1. The predicted octanol–water partition coefficient (Wildman–Crippen LogP) is 3.54. The van der Waals surface area contributed by atoms with E-state index in [1.165, 1.54) is 28.2 Å². The van der Waals surface area contributed by atoms with Gasteiger partial charge in [-0.25, -0.2) is 9.86 Å². The van der Waals surface area contributed by atoms with Gasteiger partial charge in [-0.15, -0.1) is 0 Å². The van der Waals surface area contributed by atoms with Crippen LogP contribution in [0.25, 0.3) is 0 Å². The Bertz CT molecular complexity index is 1270. The van der Waals surface area contributed by atoms with Gasteiger partial charge in [0.25, 0.3) is 5.91 Å². The lowest BCUT2D eigenvalue weighted by atomic mass is 9.68. The number of benzene rings is 2. The van der Waals surface area contributed by atoms with Crippen LogP contribution in [0, 0.1) is 0 Å². The minimum Gasteiger partial charge on any atom is -0.489 e. The molecule has 2 aromatic carbocycles. The third kappa shape index (κ3) is 3.80. The van der Waals surface area contributed by atoms with E-state index in [4.69, 9.17) is 14.3 Å². The van der Waals surface area contributed by atoms with E-state index in [2.05, 4.69) is 24.1 Å². The van der Waals surface area contributed by atoms with Crippen molar-refractivity contribution in [1.82, 2.24) is 14.9 Å². The van der Waals surface area contributed by atoms with Crippen molar-refractivity contribution in [1.29, 1.82) is 0 Å². The maximum atomic E-state index is 13.6. The number of carbonyl (C=O) groups excluding carboxylic acids is 1. The number of ether oxygens (including phenoxy) is 2. The topological polar surface area (TPSA) is 91.8 Å². The summed E-state index contributed by atoms with van der Waals surface area (Å²) in [6, 6.07) is 15.1. The standard InChI is InChI=1S/C29H33N3O6/c1-30-15-13-28-12-11-22(17-24(28)38-23-10-6-9-21(18-30)25(23)28)32(27(34)35)29(36-2)14-16-31(26(29)33)37-19-20-7-4-3-5-8-20/h3-12,22,24H,13-19H2,1-2H3,(H,34,35)/t22-,24-,28-,29+/m0/s1. The molecule has 1 aliphatic carbocycles. The molecule has 200 valence electrons. The molecule has 0 unspecified atom stereocenters. The van der Waals surface area contributed by atoms with Crippen LogP contribution in [0.3, 0.4) is 0 Å². The molecular formula is C29H33N3O6. The molecule has 0 aromatic heterocycles. The molecule has 0 bridgehead atoms. The predicted molar refractivity (Wildman–Crippen MR) is 138 cm³/mol. The number of hydroxylamine groups is 2. The number of amides is 2. The number of methoxy groups -OCH3 is 1. The number of hydrogen-bond acceptors (Lipinski definition) is 6. The van der Waals surface area contributed by atoms with Crippen LogP contribution in [0.2, 0.25) is 0 Å². The zero-order valence-electron chi connectivity index (χ0n) is 21.7. The van der Waals surface area contributed by atoms with Crippen LogP contribution in [0.5, 0.6) is 5.75 Å². The quantitative estimate of drug-likeness (QED) is 0.461. The fraction of sp³-hybridized carbons (Fsp3) is 0.448. The lowest BCUT2D eigenvalue weighted by Gasteiger charge is -2.44. The third-order valence-electron chi connectivity index (χ3n) is 8.55. The van der Waals surface area contributed by atoms with E-state index in [1.54, 1.807) is 0 Å². The summed E-state index contributed by atoms with van der Waals surface area (Å²) in [7, 11) is 3.51. The molecule has 1 fully saturated rings. The smallest absolute Gasteiger partial charge is 0.410 e. The van der Waals surface area contributed by atoms with Gasteiger partial charge in [0.05, 0.1) is 18.0 Å². The van der Waals surface area contributed by atoms with Gasteiger partial charge in [-0.2, -0.15) is 0 Å². The second-order valence-electron chi connectivity index (χ2n) is 10.6. The van der Waals surface area contributed by atoms with Crippen molar-refractivity contribution < 1.29 is 29.0 Å². The molecule has 3 heterocycles. The van der Waals surface area contributed by atoms with Crippen molar-refractivity contribution in [3.63, 3.8) is 0 Å². The highest BCUT2D eigenvalue weighted by Gasteiger charge is 2.59. The molecule has 0 saturated carbocycles. The molecule has 2 aromatic rings. The summed E-state index contributed by atoms with van der Waals surface area (Å²) in [5, 5.41) is 11.6. The highest BCUT2D eigenvalue weighted by Crippen LogP contribution is 2.53. The summed E-state index contributed by atoms with van der Waals surface area (Å²) < 4.78 is 12.2. The molecule has 4 aliphatic rings. The molecule has 1 saturated heterocycles. The second kappa shape index (κ2) is 9.41. The molecule has 6 rings (SSSR count). The SMILES string of the molecule is CO[C@]1(N(C(=O)O)[C@H]2C=C[C@@]34CCN(C)Cc5cccc(c53)O[C@H]4C2)CCN(OCc2ccccc2)C1=O. The maximum Gasteiger partial charge on any atom is 0.410 e. The van der Waals surface area contributed by atoms with Gasteiger partial charge in [0.1, 0.15) is 18.5 Å². The number of nitrogens with zero attached hydrogens (tertiary/aromatic N) is 3. The van der Waals surface area contributed by atoms with E-state index in [0.717, 1.165) is 30.8 Å². The Balaban J connectivity index is 1.28. The highest BCUT2D eigenvalue weighted by molar-refractivity contribution is 5.89. The van der Waals surface area contributed by atoms with Gasteiger partial charge in [-0.1, -0.05) is 54.6 Å². The Morgan fingerprint density at radius 3 is 2.74 bits per heavy atom. The van der Waals surface area contributed by atoms with E-state index in [1.807, 2.05) is 48.5 Å². The van der Waals surface area contributed by atoms with Crippen LogP contribution < -0.4 is 4.74 Å². The summed E-state index contributed by atoms with van der Waals surface area (Å²) in [4.78, 5) is 35.7. The van der Waals surface area contributed by atoms with Crippen LogP contribution in [-0.4, -0.2) is 77.1 Å². The summed E-state index contributed by atoms with van der Waals surface area (Å²) >= 11 is 0. The largest absolute Gasteiger partial charge is 0.489 e. The number of carboxylic acid groups (broad SMARTS) is 1. The Kier molecular flexibility index (Phi) is 6.17. The van der Waals surface area contributed by atoms with Crippen LogP contribution in [0.15, 0.2) is 60.7 Å². The van der Waals surface area contributed by atoms with Gasteiger partial charge in [0.2, 0.25) is 5.72 Å². The first kappa shape index (κ1) is 24.9. The molecule has 3 aliphatic heterocycles. The zero-order chi connectivity index (χ0) is 26.5. The summed E-state index contributed by atoms with van der Waals surface area (Å²) in [5.74, 6) is 0.356. The fourth-order valence-corrected chi connectivity index (χ4v) is 6.67. The summed E-state index contributed by atoms with van der Waals surface area (Å²) in [6.07, 6.45) is 4.08. The average molecular weight is 520 g/mol. The van der Waals surface area contributed by atoms with Gasteiger partial charge in [-0.3, -0.25) is 14.5 Å². The van der Waals surface area contributed by atoms with Crippen molar-refractivity contribution in [3.05, 3.63) is 77.4 Å². The lowest BCUT2D eigenvalue weighted by Crippen LogP contribution is -2.62. The first-order valence-electron chi connectivity index (χ1n) is 13.1. The molecule has 0 radical (unpaired) electrons. The first-order chi connectivity index (χ1) is 18.4. The zero-order valence-corrected chi connectivity index (χ0v) is 21.7. The molecule has 38 heavy (non-hydrogen) atoms. The van der Waals surface area contributed by atoms with Gasteiger partial charge < -0.3 is 19.5 Å². The Labute approximate surface area is 222 Å². The first-order valence-corrected chi connectivity index (χ1v) is 13.1. The van der Waals surface area contributed by atoms with Crippen LogP contribution in [0.4, 0.5) is 4.79 Å². The van der Waals surface area contributed by atoms with Gasteiger partial charge in [-0.05, 0) is 37.2 Å². The van der Waals surface area contributed by atoms with Crippen LogP contribution in [-0.2, 0) is 32.9 Å². The highest BCUT2D eigenvalue weighted by atomic mass is 16.7. The molecule has 1 spiro atoms. The van der Waals surface area contributed by atoms with Crippen molar-refractivity contribution >= 4 is 12.0 Å². The molecule has 2 amide bonds. The Morgan fingerprint density at radius 1 is 1.16 bits per heavy atom. The van der Waals surface area contributed by atoms with E-state index >= 15 is 0 Å². The van der Waals surface area contributed by atoms with E-state index < -0.39 is 23.8 Å². The van der Waals surface area contributed by atoms with Gasteiger partial charge in [0.15, 0.2) is 0 Å². The van der Waals surface area contributed by atoms with Crippen LogP contribution in [0.1, 0.15) is 36.0 Å². The van der Waals surface area contributed by atoms with E-state index in [0.29, 0.717) is 6.42 Å². The summed E-state index contributed by atoms with van der Waals surface area (Å²) in [6.45, 7) is 2.18. The second-order valence-corrected chi connectivity index (χ2v) is 10.6. The van der Waals surface area contributed by atoms with Crippen molar-refractivity contribution in [2.24, 2.45) is 0 Å². The minimum atomic E-state index is -1.68. The van der Waals surface area contributed by atoms with E-state index in [-0.39, 0.29) is 31.1 Å². The van der Waals surface area contributed by atoms with Crippen LogP contribution >= 0.6 is 0 Å². The number of rotatable bonds is 6. The molecule has 9 nitrogen and oxygen atoms in total. The number of carbonyl (C=O) groups is 2. The molecule has 4 atom stereocenters. The van der Waals surface area contributed by atoms with Gasteiger partial charge >= 0.3 is 6.09 Å². The lowest BCUT2D eigenvalue weighted by molar-refractivity contribution is -0.204. The fourth-order valence-electron chi connectivity index (χ4n) is 6.67. The Hall–Kier alpha value is -3.40. The maximum absolute atomic E-state index is 13.6. The summed E-state index contributed by atoms with van der Waals surface area (Å²) in [5.41, 5.74) is 1.38. The van der Waals surface area contributed by atoms with Crippen molar-refractivity contribution in [2.45, 2.75) is 55.7 Å².